The Labute approximate surface area is 137 Å². The van der Waals surface area contributed by atoms with Crippen LogP contribution >= 0.6 is 0 Å². The standard InChI is InChI=1S/C17H24N4O2/c1-14(22)19-10-5-11-21(13-12-19)17(23)15-6-4-7-18-16(15)20-8-2-3-9-20/h4,6-7H,2-3,5,8-13H2,1H3. The fraction of sp³-hybridized carbons (Fsp3) is 0.588. The highest BCUT2D eigenvalue weighted by Gasteiger charge is 2.26. The number of carbonyl (C=O) groups excluding carboxylic acids is 2. The summed E-state index contributed by atoms with van der Waals surface area (Å²) < 4.78 is 0. The number of nitrogens with zero attached hydrogens (tertiary/aromatic N) is 4. The third kappa shape index (κ3) is 3.46. The van der Waals surface area contributed by atoms with Gasteiger partial charge in [0.1, 0.15) is 5.82 Å². The van der Waals surface area contributed by atoms with Crippen LogP contribution in [0.5, 0.6) is 0 Å². The van der Waals surface area contributed by atoms with E-state index >= 15 is 0 Å². The molecule has 0 bridgehead atoms. The number of amides is 2. The summed E-state index contributed by atoms with van der Waals surface area (Å²) in [5.74, 6) is 0.923. The molecule has 2 fully saturated rings. The van der Waals surface area contributed by atoms with E-state index in [2.05, 4.69) is 9.88 Å². The van der Waals surface area contributed by atoms with Crippen LogP contribution in [0, 0.1) is 0 Å². The molecule has 2 amide bonds. The van der Waals surface area contributed by atoms with Crippen LogP contribution in [0.3, 0.4) is 0 Å². The average Bonchev–Trinajstić information content (AvgIpc) is 2.98. The zero-order chi connectivity index (χ0) is 16.2. The summed E-state index contributed by atoms with van der Waals surface area (Å²) in [5.41, 5.74) is 0.686. The highest BCUT2D eigenvalue weighted by molar-refractivity contribution is 5.99. The number of pyridine rings is 1. The fourth-order valence-electron chi connectivity index (χ4n) is 3.35. The molecule has 0 atom stereocenters. The fourth-order valence-corrected chi connectivity index (χ4v) is 3.35. The molecule has 2 saturated heterocycles. The van der Waals surface area contributed by atoms with Gasteiger partial charge in [-0.15, -0.1) is 0 Å². The maximum atomic E-state index is 13.0. The Morgan fingerprint density at radius 1 is 0.957 bits per heavy atom. The van der Waals surface area contributed by atoms with Crippen molar-refractivity contribution >= 4 is 17.6 Å². The molecule has 0 saturated carbocycles. The molecule has 6 heteroatoms. The number of anilines is 1. The second-order valence-electron chi connectivity index (χ2n) is 6.22. The van der Waals surface area contributed by atoms with Crippen molar-refractivity contribution in [2.45, 2.75) is 26.2 Å². The molecule has 0 unspecified atom stereocenters. The van der Waals surface area contributed by atoms with Crippen molar-refractivity contribution in [3.8, 4) is 0 Å². The van der Waals surface area contributed by atoms with Crippen LogP contribution in [0.1, 0.15) is 36.5 Å². The van der Waals surface area contributed by atoms with E-state index in [0.717, 1.165) is 44.7 Å². The average molecular weight is 316 g/mol. The molecule has 0 aromatic carbocycles. The van der Waals surface area contributed by atoms with Gasteiger partial charge in [-0.05, 0) is 31.4 Å². The van der Waals surface area contributed by atoms with Gasteiger partial charge in [-0.2, -0.15) is 0 Å². The molecule has 124 valence electrons. The third-order valence-corrected chi connectivity index (χ3v) is 4.65. The van der Waals surface area contributed by atoms with Gasteiger partial charge < -0.3 is 14.7 Å². The molecule has 6 nitrogen and oxygen atoms in total. The molecule has 0 aliphatic carbocycles. The lowest BCUT2D eigenvalue weighted by Crippen LogP contribution is -2.37. The first-order chi connectivity index (χ1) is 11.2. The first-order valence-corrected chi connectivity index (χ1v) is 8.41. The summed E-state index contributed by atoms with van der Waals surface area (Å²) in [4.78, 5) is 34.8. The first kappa shape index (κ1) is 15.8. The van der Waals surface area contributed by atoms with Gasteiger partial charge in [0.05, 0.1) is 5.56 Å². The van der Waals surface area contributed by atoms with E-state index in [4.69, 9.17) is 0 Å². The second kappa shape index (κ2) is 6.98. The highest BCUT2D eigenvalue weighted by atomic mass is 16.2. The molecule has 1 aromatic heterocycles. The van der Waals surface area contributed by atoms with Crippen LogP contribution in [-0.4, -0.2) is 65.9 Å². The summed E-state index contributed by atoms with van der Waals surface area (Å²) in [6, 6.07) is 3.70. The Morgan fingerprint density at radius 3 is 2.39 bits per heavy atom. The Morgan fingerprint density at radius 2 is 1.65 bits per heavy atom. The minimum atomic E-state index is 0.0328. The van der Waals surface area contributed by atoms with Gasteiger partial charge in [0.15, 0.2) is 0 Å². The van der Waals surface area contributed by atoms with Gasteiger partial charge in [0, 0.05) is 52.4 Å². The van der Waals surface area contributed by atoms with E-state index < -0.39 is 0 Å². The molecule has 0 spiro atoms. The summed E-state index contributed by atoms with van der Waals surface area (Å²) in [7, 11) is 0. The van der Waals surface area contributed by atoms with Crippen LogP contribution in [0.2, 0.25) is 0 Å². The van der Waals surface area contributed by atoms with Crippen LogP contribution in [0.25, 0.3) is 0 Å². The highest BCUT2D eigenvalue weighted by Crippen LogP contribution is 2.23. The monoisotopic (exact) mass is 316 g/mol. The molecule has 23 heavy (non-hydrogen) atoms. The lowest BCUT2D eigenvalue weighted by atomic mass is 10.2. The summed E-state index contributed by atoms with van der Waals surface area (Å²) in [6.45, 7) is 6.14. The summed E-state index contributed by atoms with van der Waals surface area (Å²) in [5, 5.41) is 0. The first-order valence-electron chi connectivity index (χ1n) is 8.41. The minimum absolute atomic E-state index is 0.0328. The van der Waals surface area contributed by atoms with Crippen molar-refractivity contribution < 1.29 is 9.59 Å². The van der Waals surface area contributed by atoms with Crippen molar-refractivity contribution in [1.82, 2.24) is 14.8 Å². The lowest BCUT2D eigenvalue weighted by Gasteiger charge is -2.24. The SMILES string of the molecule is CC(=O)N1CCCN(C(=O)c2cccnc2N2CCCC2)CC1. The van der Waals surface area contributed by atoms with E-state index in [1.54, 1.807) is 13.1 Å². The van der Waals surface area contributed by atoms with Gasteiger partial charge in [-0.25, -0.2) is 4.98 Å². The number of hydrogen-bond donors (Lipinski definition) is 0. The van der Waals surface area contributed by atoms with E-state index in [1.807, 2.05) is 21.9 Å². The zero-order valence-electron chi connectivity index (χ0n) is 13.7. The minimum Gasteiger partial charge on any atom is -0.356 e. The number of aromatic nitrogens is 1. The van der Waals surface area contributed by atoms with E-state index in [0.29, 0.717) is 25.2 Å². The van der Waals surface area contributed by atoms with E-state index in [9.17, 15) is 9.59 Å². The zero-order valence-corrected chi connectivity index (χ0v) is 13.7. The summed E-state index contributed by atoms with van der Waals surface area (Å²) in [6.07, 6.45) is 4.89. The molecule has 2 aliphatic heterocycles. The van der Waals surface area contributed by atoms with Crippen molar-refractivity contribution in [3.05, 3.63) is 23.9 Å². The predicted molar refractivity (Wildman–Crippen MR) is 88.5 cm³/mol. The lowest BCUT2D eigenvalue weighted by molar-refractivity contribution is -0.128. The van der Waals surface area contributed by atoms with Crippen LogP contribution in [-0.2, 0) is 4.79 Å². The van der Waals surface area contributed by atoms with E-state index in [1.165, 1.54) is 0 Å². The van der Waals surface area contributed by atoms with Crippen molar-refractivity contribution in [3.63, 3.8) is 0 Å². The second-order valence-corrected chi connectivity index (χ2v) is 6.22. The molecule has 0 N–H and O–H groups in total. The Bertz CT molecular complexity index is 584. The smallest absolute Gasteiger partial charge is 0.257 e. The number of carbonyl (C=O) groups is 2. The van der Waals surface area contributed by atoms with Gasteiger partial charge in [0.25, 0.3) is 5.91 Å². The maximum absolute atomic E-state index is 13.0. The van der Waals surface area contributed by atoms with Crippen molar-refractivity contribution in [1.29, 1.82) is 0 Å². The number of rotatable bonds is 2. The molecular weight excluding hydrogens is 292 g/mol. The molecule has 0 radical (unpaired) electrons. The van der Waals surface area contributed by atoms with Gasteiger partial charge in [-0.1, -0.05) is 0 Å². The third-order valence-electron chi connectivity index (χ3n) is 4.65. The Kier molecular flexibility index (Phi) is 4.79. The molecule has 3 heterocycles. The van der Waals surface area contributed by atoms with E-state index in [-0.39, 0.29) is 11.8 Å². The van der Waals surface area contributed by atoms with Crippen LogP contribution < -0.4 is 4.90 Å². The summed E-state index contributed by atoms with van der Waals surface area (Å²) >= 11 is 0. The topological polar surface area (TPSA) is 56.8 Å². The molecule has 2 aliphatic rings. The molecular formula is C17H24N4O2. The quantitative estimate of drug-likeness (QED) is 0.827. The maximum Gasteiger partial charge on any atom is 0.257 e. The predicted octanol–water partition coefficient (Wildman–Crippen LogP) is 1.38. The molecule has 1 aromatic rings. The van der Waals surface area contributed by atoms with Crippen molar-refractivity contribution in [2.24, 2.45) is 0 Å². The van der Waals surface area contributed by atoms with Gasteiger partial charge in [-0.3, -0.25) is 9.59 Å². The van der Waals surface area contributed by atoms with Crippen LogP contribution in [0.4, 0.5) is 5.82 Å². The number of hydrogen-bond acceptors (Lipinski definition) is 4. The largest absolute Gasteiger partial charge is 0.356 e. The Hall–Kier alpha value is -2.11. The van der Waals surface area contributed by atoms with Gasteiger partial charge >= 0.3 is 0 Å². The van der Waals surface area contributed by atoms with Crippen molar-refractivity contribution in [2.75, 3.05) is 44.2 Å². The Balaban J connectivity index is 1.76. The van der Waals surface area contributed by atoms with Gasteiger partial charge in [0.2, 0.25) is 5.91 Å². The molecule has 3 rings (SSSR count). The normalized spacial score (nSPS) is 18.9. The van der Waals surface area contributed by atoms with Crippen LogP contribution in [0.15, 0.2) is 18.3 Å².